The van der Waals surface area contributed by atoms with Gasteiger partial charge in [0.05, 0.1) is 44.2 Å². The Morgan fingerprint density at radius 2 is 1.31 bits per heavy atom. The summed E-state index contributed by atoms with van der Waals surface area (Å²) < 4.78 is 0.593. The van der Waals surface area contributed by atoms with Crippen molar-refractivity contribution in [2.45, 2.75) is 0 Å². The van der Waals surface area contributed by atoms with Gasteiger partial charge in [0.15, 0.2) is 5.69 Å². The molecule has 0 radical (unpaired) electrons. The first-order valence-electron chi connectivity index (χ1n) is 6.43. The Hall–Kier alpha value is -3.11. The largest absolute Gasteiger partial charge is 0.342 e. The lowest BCUT2D eigenvalue weighted by molar-refractivity contribution is -0.401. The zero-order valence-corrected chi connectivity index (χ0v) is 15.5. The Balaban J connectivity index is 2.74. The molecule has 0 saturated carbocycles. The van der Waals surface area contributed by atoms with Crippen molar-refractivity contribution in [1.82, 2.24) is 0 Å². The molecule has 0 heterocycles. The fraction of sp³-hybridized carbons (Fsp3) is 0. The molecule has 0 spiro atoms. The Kier molecular flexibility index (Phi) is 5.48. The Bertz CT molecular complexity index is 945. The minimum Gasteiger partial charge on any atom is -0.342 e. The molecule has 0 fully saturated rings. The summed E-state index contributed by atoms with van der Waals surface area (Å²) in [6.07, 6.45) is 0. The van der Waals surface area contributed by atoms with E-state index in [4.69, 9.17) is 5.26 Å². The van der Waals surface area contributed by atoms with Crippen LogP contribution in [0.1, 0.15) is 5.56 Å². The molecule has 0 aliphatic heterocycles. The van der Waals surface area contributed by atoms with Crippen LogP contribution >= 0.6 is 31.9 Å². The zero-order chi connectivity index (χ0) is 19.6. The van der Waals surface area contributed by atoms with E-state index in [9.17, 15) is 30.3 Å². The molecule has 2 aromatic rings. The predicted molar refractivity (Wildman–Crippen MR) is 96.2 cm³/mol. The Morgan fingerprint density at radius 1 is 0.846 bits per heavy atom. The minimum atomic E-state index is -0.964. The van der Waals surface area contributed by atoms with E-state index < -0.39 is 37.5 Å². The van der Waals surface area contributed by atoms with Gasteiger partial charge < -0.3 is 5.32 Å². The molecule has 2 rings (SSSR count). The normalized spacial score (nSPS) is 10.0. The van der Waals surface area contributed by atoms with Gasteiger partial charge >= 0.3 is 11.4 Å². The van der Waals surface area contributed by atoms with E-state index in [1.54, 1.807) is 0 Å². The summed E-state index contributed by atoms with van der Waals surface area (Å²) in [5.41, 5.74) is -2.56. The molecule has 13 heteroatoms. The minimum absolute atomic E-state index is 0.170. The second kappa shape index (κ2) is 7.42. The van der Waals surface area contributed by atoms with Gasteiger partial charge in [-0.1, -0.05) is 0 Å². The molecule has 0 aliphatic carbocycles. The molecule has 11 nitrogen and oxygen atoms in total. The summed E-state index contributed by atoms with van der Waals surface area (Å²) >= 11 is 6.33. The highest BCUT2D eigenvalue weighted by atomic mass is 79.9. The van der Waals surface area contributed by atoms with Crippen molar-refractivity contribution in [3.05, 3.63) is 69.1 Å². The summed E-state index contributed by atoms with van der Waals surface area (Å²) in [7, 11) is 0. The molecule has 0 unspecified atom stereocenters. The number of anilines is 2. The first kappa shape index (κ1) is 19.2. The lowest BCUT2D eigenvalue weighted by Gasteiger charge is -2.12. The lowest BCUT2D eigenvalue weighted by Crippen LogP contribution is -2.04. The van der Waals surface area contributed by atoms with E-state index in [0.29, 0.717) is 21.1 Å². The quantitative estimate of drug-likeness (QED) is 0.474. The highest BCUT2D eigenvalue weighted by Crippen LogP contribution is 2.43. The van der Waals surface area contributed by atoms with Gasteiger partial charge in [-0.3, -0.25) is 30.3 Å². The fourth-order valence-corrected chi connectivity index (χ4v) is 3.39. The van der Waals surface area contributed by atoms with Crippen LogP contribution in [-0.2, 0) is 0 Å². The van der Waals surface area contributed by atoms with Crippen molar-refractivity contribution < 1.29 is 14.8 Å². The average molecular weight is 487 g/mol. The van der Waals surface area contributed by atoms with Crippen LogP contribution in [0.25, 0.3) is 0 Å². The monoisotopic (exact) mass is 485 g/mol. The Labute approximate surface area is 160 Å². The summed E-state index contributed by atoms with van der Waals surface area (Å²) in [6.45, 7) is 0. The molecular weight excluding hydrogens is 482 g/mol. The number of non-ortho nitro benzene ring substituents is 1. The second-order valence-electron chi connectivity index (χ2n) is 4.68. The number of nitrogens with one attached hydrogen (secondary N) is 1. The van der Waals surface area contributed by atoms with E-state index in [0.717, 1.165) is 0 Å². The van der Waals surface area contributed by atoms with E-state index in [1.165, 1.54) is 12.1 Å². The van der Waals surface area contributed by atoms with Gasteiger partial charge in [-0.25, -0.2) is 0 Å². The highest BCUT2D eigenvalue weighted by Gasteiger charge is 2.31. The molecule has 0 atom stereocenters. The van der Waals surface area contributed by atoms with Gasteiger partial charge in [0.25, 0.3) is 5.69 Å². The van der Waals surface area contributed by atoms with Crippen LogP contribution < -0.4 is 5.32 Å². The highest BCUT2D eigenvalue weighted by molar-refractivity contribution is 9.11. The number of nitro groups is 3. The van der Waals surface area contributed by atoms with Gasteiger partial charge in [-0.15, -0.1) is 0 Å². The molecule has 26 heavy (non-hydrogen) atoms. The first-order chi connectivity index (χ1) is 12.1. The third kappa shape index (κ3) is 3.76. The number of hydrogen-bond donors (Lipinski definition) is 1. The molecule has 2 aromatic carbocycles. The molecule has 0 aliphatic rings. The van der Waals surface area contributed by atoms with Crippen molar-refractivity contribution >= 4 is 60.3 Å². The number of hydrogen-bond acceptors (Lipinski definition) is 8. The van der Waals surface area contributed by atoms with Crippen LogP contribution in [0.2, 0.25) is 0 Å². The number of nitro benzene ring substituents is 3. The van der Waals surface area contributed by atoms with E-state index in [2.05, 4.69) is 37.2 Å². The number of nitrogens with zero attached hydrogens (tertiary/aromatic N) is 4. The topological polar surface area (TPSA) is 165 Å². The van der Waals surface area contributed by atoms with E-state index in [-0.39, 0.29) is 11.3 Å². The van der Waals surface area contributed by atoms with Gasteiger partial charge in [-0.05, 0) is 44.0 Å². The predicted octanol–water partition coefficient (Wildman–Crippen LogP) is 4.55. The summed E-state index contributed by atoms with van der Waals surface area (Å²) in [6, 6.07) is 5.95. The van der Waals surface area contributed by atoms with Crippen LogP contribution in [0, 0.1) is 41.7 Å². The molecule has 0 bridgehead atoms. The van der Waals surface area contributed by atoms with Crippen LogP contribution in [0.3, 0.4) is 0 Å². The third-order valence-electron chi connectivity index (χ3n) is 3.11. The van der Waals surface area contributed by atoms with Crippen molar-refractivity contribution in [1.29, 1.82) is 5.26 Å². The molecular formula is C13H5Br2N5O6. The summed E-state index contributed by atoms with van der Waals surface area (Å²) in [4.78, 5) is 30.6. The van der Waals surface area contributed by atoms with Crippen molar-refractivity contribution in [2.75, 3.05) is 5.32 Å². The van der Waals surface area contributed by atoms with Crippen LogP contribution in [0.15, 0.2) is 33.2 Å². The van der Waals surface area contributed by atoms with Gasteiger partial charge in [0.2, 0.25) is 0 Å². The summed E-state index contributed by atoms with van der Waals surface area (Å²) in [5.74, 6) is 0. The van der Waals surface area contributed by atoms with E-state index in [1.807, 2.05) is 6.07 Å². The first-order valence-corrected chi connectivity index (χ1v) is 8.01. The standard InChI is InChI=1S/C13H5Br2N5O6/c14-8-1-6(5-16)2-9(15)12(8)17-13-10(19(23)24)3-7(18(21)22)4-11(13)20(25)26/h1-4,17H. The van der Waals surface area contributed by atoms with Gasteiger partial charge in [-0.2, -0.15) is 5.26 Å². The smallest absolute Gasteiger partial charge is 0.306 e. The lowest BCUT2D eigenvalue weighted by atomic mass is 10.1. The maximum Gasteiger partial charge on any atom is 0.306 e. The van der Waals surface area contributed by atoms with Crippen molar-refractivity contribution in [3.63, 3.8) is 0 Å². The summed E-state index contributed by atoms with van der Waals surface area (Å²) in [5, 5.41) is 44.9. The Morgan fingerprint density at radius 3 is 1.65 bits per heavy atom. The number of nitriles is 1. The molecule has 0 amide bonds. The van der Waals surface area contributed by atoms with Gasteiger partial charge in [0, 0.05) is 8.95 Å². The third-order valence-corrected chi connectivity index (χ3v) is 4.36. The van der Waals surface area contributed by atoms with Crippen molar-refractivity contribution in [3.8, 4) is 6.07 Å². The SMILES string of the molecule is N#Cc1cc(Br)c(Nc2c([N+](=O)[O-])cc([N+](=O)[O-])cc2[N+](=O)[O-])c(Br)c1. The maximum absolute atomic E-state index is 11.3. The zero-order valence-electron chi connectivity index (χ0n) is 12.3. The average Bonchev–Trinajstić information content (AvgIpc) is 2.56. The van der Waals surface area contributed by atoms with Crippen LogP contribution in [-0.4, -0.2) is 14.8 Å². The molecule has 1 N–H and O–H groups in total. The van der Waals surface area contributed by atoms with Gasteiger partial charge in [0.1, 0.15) is 0 Å². The maximum atomic E-state index is 11.3. The van der Waals surface area contributed by atoms with Crippen LogP contribution in [0.5, 0.6) is 0 Å². The fourth-order valence-electron chi connectivity index (χ4n) is 2.00. The van der Waals surface area contributed by atoms with E-state index >= 15 is 0 Å². The number of rotatable bonds is 5. The van der Waals surface area contributed by atoms with Crippen LogP contribution in [0.4, 0.5) is 28.4 Å². The number of halogens is 2. The molecule has 0 aromatic heterocycles. The molecule has 0 saturated heterocycles. The molecule has 132 valence electrons. The van der Waals surface area contributed by atoms with Crippen molar-refractivity contribution in [2.24, 2.45) is 0 Å². The number of benzene rings is 2. The second-order valence-corrected chi connectivity index (χ2v) is 6.39.